The van der Waals surface area contributed by atoms with Crippen LogP contribution in [0.2, 0.25) is 0 Å². The second kappa shape index (κ2) is 5.35. The Hall–Kier alpha value is -1.32. The molecule has 0 unspecified atom stereocenters. The second-order valence-corrected chi connectivity index (χ2v) is 2.12. The van der Waals surface area contributed by atoms with E-state index in [0.717, 1.165) is 6.20 Å². The molecule has 0 atom stereocenters. The lowest BCUT2D eigenvalue weighted by molar-refractivity contribution is 0.391. The lowest BCUT2D eigenvalue weighted by Crippen LogP contribution is -2.11. The van der Waals surface area contributed by atoms with Crippen LogP contribution in [0, 0.1) is 12.7 Å². The van der Waals surface area contributed by atoms with Crippen LogP contribution in [0.5, 0.6) is 5.88 Å². The first-order chi connectivity index (χ1) is 6.16. The number of hydrogen-bond acceptors (Lipinski definition) is 2. The summed E-state index contributed by atoms with van der Waals surface area (Å²) in [5.41, 5.74) is -0.367. The molecule has 0 spiro atoms. The lowest BCUT2D eigenvalue weighted by Gasteiger charge is -2.01. The summed E-state index contributed by atoms with van der Waals surface area (Å²) in [5, 5.41) is 0. The Kier molecular flexibility index (Phi) is 4.80. The van der Waals surface area contributed by atoms with Crippen molar-refractivity contribution < 1.29 is 9.13 Å². The van der Waals surface area contributed by atoms with Crippen molar-refractivity contribution in [1.29, 1.82) is 0 Å². The molecule has 0 fully saturated rings. The molecular weight excluding hydrogens is 173 g/mol. The SMILES string of the molecule is CC.COc1[nH]cc(F)c(=O)c1C. The average molecular weight is 187 g/mol. The van der Waals surface area contributed by atoms with Gasteiger partial charge < -0.3 is 9.72 Å². The molecular formula is C9H14FNO2. The van der Waals surface area contributed by atoms with Crippen molar-refractivity contribution >= 4 is 0 Å². The predicted octanol–water partition coefficient (Wildman–Crippen LogP) is 1.86. The summed E-state index contributed by atoms with van der Waals surface area (Å²) in [6.45, 7) is 5.50. The lowest BCUT2D eigenvalue weighted by atomic mass is 10.3. The molecule has 0 bridgehead atoms. The Morgan fingerprint density at radius 3 is 2.46 bits per heavy atom. The third kappa shape index (κ3) is 2.57. The molecule has 3 nitrogen and oxygen atoms in total. The van der Waals surface area contributed by atoms with Crippen molar-refractivity contribution in [2.24, 2.45) is 0 Å². The minimum absolute atomic E-state index is 0.257. The summed E-state index contributed by atoms with van der Waals surface area (Å²) in [6, 6.07) is 0. The fourth-order valence-electron chi connectivity index (χ4n) is 0.797. The minimum atomic E-state index is -0.789. The molecule has 0 aromatic carbocycles. The Morgan fingerprint density at radius 2 is 2.00 bits per heavy atom. The van der Waals surface area contributed by atoms with Gasteiger partial charge in [0.05, 0.1) is 12.7 Å². The zero-order valence-electron chi connectivity index (χ0n) is 8.27. The predicted molar refractivity (Wildman–Crippen MR) is 49.7 cm³/mol. The maximum atomic E-state index is 12.5. The number of methoxy groups -OCH3 is 1. The molecule has 1 aromatic heterocycles. The van der Waals surface area contributed by atoms with E-state index >= 15 is 0 Å². The normalized spacial score (nSPS) is 8.69. The van der Waals surface area contributed by atoms with E-state index < -0.39 is 11.2 Å². The van der Waals surface area contributed by atoms with Crippen LogP contribution in [0.4, 0.5) is 4.39 Å². The van der Waals surface area contributed by atoms with E-state index in [9.17, 15) is 9.18 Å². The molecule has 0 amide bonds. The molecule has 13 heavy (non-hydrogen) atoms. The molecule has 4 heteroatoms. The Morgan fingerprint density at radius 1 is 1.46 bits per heavy atom. The first-order valence-electron chi connectivity index (χ1n) is 4.08. The largest absolute Gasteiger partial charge is 0.482 e. The highest BCUT2D eigenvalue weighted by Crippen LogP contribution is 2.07. The molecule has 1 aromatic rings. The third-order valence-corrected chi connectivity index (χ3v) is 1.43. The van der Waals surface area contributed by atoms with E-state index in [-0.39, 0.29) is 5.56 Å². The quantitative estimate of drug-likeness (QED) is 0.729. The van der Waals surface area contributed by atoms with Crippen LogP contribution >= 0.6 is 0 Å². The van der Waals surface area contributed by atoms with Crippen molar-refractivity contribution in [3.63, 3.8) is 0 Å². The molecule has 0 aliphatic heterocycles. The maximum Gasteiger partial charge on any atom is 0.223 e. The molecule has 0 radical (unpaired) electrons. The fourth-order valence-corrected chi connectivity index (χ4v) is 0.797. The standard InChI is InChI=1S/C7H8FNO2.C2H6/c1-4-6(10)5(8)3-9-7(4)11-2;1-2/h3H,1-2H3,(H,9,10);1-2H3. The number of hydrogen-bond donors (Lipinski definition) is 1. The van der Waals surface area contributed by atoms with Crippen LogP contribution in [-0.4, -0.2) is 12.1 Å². The fraction of sp³-hybridized carbons (Fsp3) is 0.444. The topological polar surface area (TPSA) is 42.1 Å². The summed E-state index contributed by atoms with van der Waals surface area (Å²) in [6.07, 6.45) is 0.980. The number of rotatable bonds is 1. The van der Waals surface area contributed by atoms with Gasteiger partial charge in [0, 0.05) is 6.20 Å². The first kappa shape index (κ1) is 11.7. The van der Waals surface area contributed by atoms with Crippen LogP contribution in [0.15, 0.2) is 11.0 Å². The Labute approximate surface area is 76.6 Å². The van der Waals surface area contributed by atoms with E-state index in [1.165, 1.54) is 14.0 Å². The first-order valence-corrected chi connectivity index (χ1v) is 4.08. The van der Waals surface area contributed by atoms with Crippen molar-refractivity contribution in [3.8, 4) is 5.88 Å². The number of aromatic nitrogens is 1. The van der Waals surface area contributed by atoms with Crippen molar-refractivity contribution in [1.82, 2.24) is 4.98 Å². The maximum absolute atomic E-state index is 12.5. The van der Waals surface area contributed by atoms with Gasteiger partial charge in [0.25, 0.3) is 0 Å². The zero-order valence-corrected chi connectivity index (χ0v) is 8.27. The van der Waals surface area contributed by atoms with Gasteiger partial charge in [-0.2, -0.15) is 0 Å². The molecule has 1 N–H and O–H groups in total. The Bertz CT molecular complexity index is 320. The number of nitrogens with one attached hydrogen (secondary N) is 1. The monoisotopic (exact) mass is 187 g/mol. The van der Waals surface area contributed by atoms with Gasteiger partial charge in [-0.15, -0.1) is 0 Å². The summed E-state index contributed by atoms with van der Waals surface area (Å²) < 4.78 is 17.3. The van der Waals surface area contributed by atoms with Crippen LogP contribution in [0.25, 0.3) is 0 Å². The van der Waals surface area contributed by atoms with Gasteiger partial charge in [-0.3, -0.25) is 4.79 Å². The highest BCUT2D eigenvalue weighted by Gasteiger charge is 2.05. The highest BCUT2D eigenvalue weighted by atomic mass is 19.1. The van der Waals surface area contributed by atoms with Crippen molar-refractivity contribution in [2.75, 3.05) is 7.11 Å². The second-order valence-electron chi connectivity index (χ2n) is 2.12. The van der Waals surface area contributed by atoms with Crippen LogP contribution in [0.3, 0.4) is 0 Å². The van der Waals surface area contributed by atoms with E-state index in [0.29, 0.717) is 5.88 Å². The third-order valence-electron chi connectivity index (χ3n) is 1.43. The Balaban J connectivity index is 0.000000671. The summed E-state index contributed by atoms with van der Waals surface area (Å²) in [4.78, 5) is 13.4. The summed E-state index contributed by atoms with van der Waals surface area (Å²) in [5.74, 6) is -0.486. The van der Waals surface area contributed by atoms with Crippen LogP contribution < -0.4 is 10.2 Å². The number of aromatic amines is 1. The smallest absolute Gasteiger partial charge is 0.223 e. The average Bonchev–Trinajstić information content (AvgIpc) is 2.18. The van der Waals surface area contributed by atoms with Gasteiger partial charge in [-0.1, -0.05) is 13.8 Å². The molecule has 0 saturated carbocycles. The molecule has 74 valence electrons. The van der Waals surface area contributed by atoms with Gasteiger partial charge in [0.15, 0.2) is 11.7 Å². The molecule has 1 heterocycles. The van der Waals surface area contributed by atoms with Gasteiger partial charge in [-0.25, -0.2) is 4.39 Å². The molecule has 0 saturated heterocycles. The summed E-state index contributed by atoms with van der Waals surface area (Å²) >= 11 is 0. The van der Waals surface area contributed by atoms with Gasteiger partial charge in [0.1, 0.15) is 0 Å². The van der Waals surface area contributed by atoms with Crippen LogP contribution in [0.1, 0.15) is 19.4 Å². The zero-order chi connectivity index (χ0) is 10.4. The van der Waals surface area contributed by atoms with Crippen molar-refractivity contribution in [2.45, 2.75) is 20.8 Å². The van der Waals surface area contributed by atoms with Crippen molar-refractivity contribution in [3.05, 3.63) is 27.8 Å². The number of ether oxygens (including phenoxy) is 1. The molecule has 1 rings (SSSR count). The van der Waals surface area contributed by atoms with E-state index in [1.807, 2.05) is 13.8 Å². The van der Waals surface area contributed by atoms with Gasteiger partial charge in [-0.05, 0) is 6.92 Å². The highest BCUT2D eigenvalue weighted by molar-refractivity contribution is 5.24. The van der Waals surface area contributed by atoms with E-state index in [4.69, 9.17) is 4.74 Å². The minimum Gasteiger partial charge on any atom is -0.482 e. The van der Waals surface area contributed by atoms with E-state index in [1.54, 1.807) is 0 Å². The summed E-state index contributed by atoms with van der Waals surface area (Å²) in [7, 11) is 1.41. The number of pyridine rings is 1. The number of halogens is 1. The molecule has 0 aliphatic carbocycles. The van der Waals surface area contributed by atoms with Gasteiger partial charge >= 0.3 is 0 Å². The van der Waals surface area contributed by atoms with E-state index in [2.05, 4.69) is 4.98 Å². The number of H-pyrrole nitrogens is 1. The van der Waals surface area contributed by atoms with Gasteiger partial charge in [0.2, 0.25) is 5.43 Å². The van der Waals surface area contributed by atoms with Crippen LogP contribution in [-0.2, 0) is 0 Å². The molecule has 0 aliphatic rings.